The minimum atomic E-state index is -0.0890. The topological polar surface area (TPSA) is 59.2 Å². The van der Waals surface area contributed by atoms with Gasteiger partial charge in [-0.25, -0.2) is 0 Å². The van der Waals surface area contributed by atoms with E-state index in [2.05, 4.69) is 24.2 Å². The van der Waals surface area contributed by atoms with Crippen molar-refractivity contribution in [3.05, 3.63) is 23.9 Å². The highest BCUT2D eigenvalue weighted by Gasteiger charge is 2.33. The van der Waals surface area contributed by atoms with Crippen molar-refractivity contribution in [1.29, 1.82) is 0 Å². The van der Waals surface area contributed by atoms with Crippen molar-refractivity contribution in [3.8, 4) is 0 Å². The quantitative estimate of drug-likeness (QED) is 0.801. The molecule has 0 spiro atoms. The lowest BCUT2D eigenvalue weighted by Crippen LogP contribution is -2.40. The lowest BCUT2D eigenvalue weighted by atomic mass is 9.80. The first-order valence-electron chi connectivity index (χ1n) is 8.80. The Morgan fingerprint density at radius 3 is 2.74 bits per heavy atom. The van der Waals surface area contributed by atoms with E-state index in [4.69, 9.17) is 9.51 Å². The van der Waals surface area contributed by atoms with Gasteiger partial charge in [-0.15, -0.1) is 0 Å². The van der Waals surface area contributed by atoms with E-state index in [0.717, 1.165) is 50.5 Å². The maximum atomic E-state index is 12.1. The highest BCUT2D eigenvalue weighted by atomic mass is 16.5. The zero-order valence-electron chi connectivity index (χ0n) is 14.4. The molecule has 5 nitrogen and oxygen atoms in total. The van der Waals surface area contributed by atoms with Gasteiger partial charge in [0.1, 0.15) is 0 Å². The average molecular weight is 317 g/mol. The molecule has 1 atom stereocenters. The van der Waals surface area contributed by atoms with Crippen LogP contribution in [0.1, 0.15) is 70.5 Å². The van der Waals surface area contributed by atoms with Crippen LogP contribution in [0.3, 0.4) is 0 Å². The van der Waals surface area contributed by atoms with Crippen molar-refractivity contribution < 1.29 is 9.32 Å². The molecule has 0 N–H and O–H groups in total. The summed E-state index contributed by atoms with van der Waals surface area (Å²) in [6.45, 7) is 7.67. The normalized spacial score (nSPS) is 26.0. The van der Waals surface area contributed by atoms with E-state index in [9.17, 15) is 4.79 Å². The minimum Gasteiger partial charge on any atom is -0.342 e. The number of aromatic nitrogens is 2. The molecule has 0 bridgehead atoms. The van der Waals surface area contributed by atoms with Crippen LogP contribution < -0.4 is 0 Å². The first kappa shape index (κ1) is 16.2. The SMILES string of the molecule is CC(C)C(=O)N1CCC(c2nc(C3(C)C=CCCC3)no2)CC1. The van der Waals surface area contributed by atoms with Crippen molar-refractivity contribution >= 4 is 5.91 Å². The van der Waals surface area contributed by atoms with Crippen molar-refractivity contribution in [3.63, 3.8) is 0 Å². The van der Waals surface area contributed by atoms with Crippen LogP contribution in [0.4, 0.5) is 0 Å². The molecule has 0 saturated carbocycles. The van der Waals surface area contributed by atoms with Crippen LogP contribution in [-0.2, 0) is 10.2 Å². The molecule has 1 aliphatic carbocycles. The Bertz CT molecular complexity index is 585. The summed E-state index contributed by atoms with van der Waals surface area (Å²) in [4.78, 5) is 18.7. The molecule has 0 aromatic carbocycles. The molecular weight excluding hydrogens is 290 g/mol. The third-order valence-corrected chi connectivity index (χ3v) is 5.15. The molecule has 2 aliphatic rings. The van der Waals surface area contributed by atoms with E-state index in [-0.39, 0.29) is 23.2 Å². The molecular formula is C18H27N3O2. The molecule has 1 unspecified atom stereocenters. The highest BCUT2D eigenvalue weighted by Crippen LogP contribution is 2.34. The first-order valence-corrected chi connectivity index (χ1v) is 8.80. The fourth-order valence-corrected chi connectivity index (χ4v) is 3.55. The Kier molecular flexibility index (Phi) is 4.55. The number of hydrogen-bond acceptors (Lipinski definition) is 4. The molecule has 0 radical (unpaired) electrons. The van der Waals surface area contributed by atoms with Crippen LogP contribution in [0.2, 0.25) is 0 Å². The zero-order valence-corrected chi connectivity index (χ0v) is 14.4. The maximum Gasteiger partial charge on any atom is 0.229 e. The second kappa shape index (κ2) is 6.46. The average Bonchev–Trinajstić information content (AvgIpc) is 3.06. The van der Waals surface area contributed by atoms with Gasteiger partial charge in [-0.3, -0.25) is 4.79 Å². The highest BCUT2D eigenvalue weighted by molar-refractivity contribution is 5.78. The van der Waals surface area contributed by atoms with Gasteiger partial charge in [0, 0.05) is 30.3 Å². The van der Waals surface area contributed by atoms with E-state index < -0.39 is 0 Å². The zero-order chi connectivity index (χ0) is 16.4. The van der Waals surface area contributed by atoms with Crippen molar-refractivity contribution in [2.45, 2.75) is 64.2 Å². The van der Waals surface area contributed by atoms with Crippen LogP contribution in [0.15, 0.2) is 16.7 Å². The fourth-order valence-electron chi connectivity index (χ4n) is 3.55. The van der Waals surface area contributed by atoms with Crippen LogP contribution >= 0.6 is 0 Å². The largest absolute Gasteiger partial charge is 0.342 e. The predicted octanol–water partition coefficient (Wildman–Crippen LogP) is 3.43. The Morgan fingerprint density at radius 1 is 1.39 bits per heavy atom. The van der Waals surface area contributed by atoms with Crippen LogP contribution in [0.25, 0.3) is 0 Å². The van der Waals surface area contributed by atoms with E-state index in [0.29, 0.717) is 0 Å². The van der Waals surface area contributed by atoms with E-state index in [1.807, 2.05) is 18.7 Å². The Morgan fingerprint density at radius 2 is 2.13 bits per heavy atom. The van der Waals surface area contributed by atoms with Gasteiger partial charge in [-0.2, -0.15) is 4.98 Å². The van der Waals surface area contributed by atoms with Crippen molar-refractivity contribution in [2.24, 2.45) is 5.92 Å². The summed E-state index contributed by atoms with van der Waals surface area (Å²) in [5, 5.41) is 4.25. The number of rotatable bonds is 3. The maximum absolute atomic E-state index is 12.1. The van der Waals surface area contributed by atoms with Gasteiger partial charge < -0.3 is 9.42 Å². The molecule has 126 valence electrons. The van der Waals surface area contributed by atoms with Crippen LogP contribution in [0, 0.1) is 5.92 Å². The molecule has 2 heterocycles. The Balaban J connectivity index is 1.65. The van der Waals surface area contributed by atoms with Crippen LogP contribution in [-0.4, -0.2) is 34.0 Å². The molecule has 1 fully saturated rings. The first-order chi connectivity index (χ1) is 11.0. The third kappa shape index (κ3) is 3.33. The van der Waals surface area contributed by atoms with E-state index in [1.54, 1.807) is 0 Å². The number of carbonyl (C=O) groups is 1. The number of carbonyl (C=O) groups excluding carboxylic acids is 1. The Labute approximate surface area is 138 Å². The number of allylic oxidation sites excluding steroid dienone is 2. The van der Waals surface area contributed by atoms with Gasteiger partial charge in [0.05, 0.1) is 0 Å². The summed E-state index contributed by atoms with van der Waals surface area (Å²) >= 11 is 0. The number of piperidine rings is 1. The number of amides is 1. The molecule has 1 aromatic rings. The number of nitrogens with zero attached hydrogens (tertiary/aromatic N) is 3. The lowest BCUT2D eigenvalue weighted by Gasteiger charge is -2.31. The number of likely N-dealkylation sites (tertiary alicyclic amines) is 1. The lowest BCUT2D eigenvalue weighted by molar-refractivity contribution is -0.135. The van der Waals surface area contributed by atoms with Crippen molar-refractivity contribution in [1.82, 2.24) is 15.0 Å². The third-order valence-electron chi connectivity index (χ3n) is 5.15. The summed E-state index contributed by atoms with van der Waals surface area (Å²) in [7, 11) is 0. The second-order valence-corrected chi connectivity index (χ2v) is 7.42. The van der Waals surface area contributed by atoms with Gasteiger partial charge >= 0.3 is 0 Å². The summed E-state index contributed by atoms with van der Waals surface area (Å²) in [6, 6.07) is 0. The smallest absolute Gasteiger partial charge is 0.229 e. The number of hydrogen-bond donors (Lipinski definition) is 0. The van der Waals surface area contributed by atoms with Gasteiger partial charge in [-0.1, -0.05) is 31.2 Å². The van der Waals surface area contributed by atoms with E-state index >= 15 is 0 Å². The summed E-state index contributed by atoms with van der Waals surface area (Å²) in [5.74, 6) is 2.15. The molecule has 1 aromatic heterocycles. The fraction of sp³-hybridized carbons (Fsp3) is 0.722. The summed E-state index contributed by atoms with van der Waals surface area (Å²) in [5.41, 5.74) is -0.0890. The molecule has 3 rings (SSSR count). The summed E-state index contributed by atoms with van der Waals surface area (Å²) in [6.07, 6.45) is 9.64. The molecule has 5 heteroatoms. The molecule has 1 aliphatic heterocycles. The monoisotopic (exact) mass is 317 g/mol. The molecule has 23 heavy (non-hydrogen) atoms. The van der Waals surface area contributed by atoms with Gasteiger partial charge in [-0.05, 0) is 39.0 Å². The van der Waals surface area contributed by atoms with Crippen LogP contribution in [0.5, 0.6) is 0 Å². The molecule has 1 saturated heterocycles. The van der Waals surface area contributed by atoms with Gasteiger partial charge in [0.2, 0.25) is 11.8 Å². The van der Waals surface area contributed by atoms with Crippen molar-refractivity contribution in [2.75, 3.05) is 13.1 Å². The molecule has 1 amide bonds. The second-order valence-electron chi connectivity index (χ2n) is 7.42. The standard InChI is InChI=1S/C18H27N3O2/c1-13(2)16(22)21-11-7-14(8-12-21)15-19-17(20-23-15)18(3)9-5-4-6-10-18/h5,9,13-14H,4,6-8,10-12H2,1-3H3. The summed E-state index contributed by atoms with van der Waals surface area (Å²) < 4.78 is 5.57. The van der Waals surface area contributed by atoms with Gasteiger partial charge in [0.15, 0.2) is 5.82 Å². The minimum absolute atomic E-state index is 0.0691. The Hall–Kier alpha value is -1.65. The predicted molar refractivity (Wildman–Crippen MR) is 88.0 cm³/mol. The van der Waals surface area contributed by atoms with Gasteiger partial charge in [0.25, 0.3) is 0 Å². The van der Waals surface area contributed by atoms with E-state index in [1.165, 1.54) is 6.42 Å².